The number of benzene rings is 2. The Morgan fingerprint density at radius 1 is 1.12 bits per heavy atom. The van der Waals surface area contributed by atoms with E-state index in [2.05, 4.69) is 16.3 Å². The van der Waals surface area contributed by atoms with Gasteiger partial charge in [-0.1, -0.05) is 73.5 Å². The van der Waals surface area contributed by atoms with E-state index in [1.54, 1.807) is 30.1 Å². The maximum Gasteiger partial charge on any atom is 0.234 e. The Morgan fingerprint density at radius 2 is 1.82 bits per heavy atom. The van der Waals surface area contributed by atoms with Gasteiger partial charge in [-0.15, -0.1) is 10.2 Å². The SMILES string of the molecule is CN(C(=O)CSc1nnc(-c2ccccc2F)n1Cc1ccccc1)C1(C#N)CCCCC1. The number of rotatable bonds is 7. The van der Waals surface area contributed by atoms with Gasteiger partial charge in [-0.2, -0.15) is 5.26 Å². The molecule has 1 aromatic heterocycles. The van der Waals surface area contributed by atoms with E-state index in [0.29, 0.717) is 35.9 Å². The van der Waals surface area contributed by atoms with Gasteiger partial charge in [0.25, 0.3) is 0 Å². The lowest BCUT2D eigenvalue weighted by Crippen LogP contribution is -2.50. The number of halogens is 1. The number of nitriles is 1. The molecule has 33 heavy (non-hydrogen) atoms. The molecule has 1 saturated carbocycles. The molecule has 0 spiro atoms. The molecule has 0 unspecified atom stereocenters. The zero-order chi connectivity index (χ0) is 23.3. The summed E-state index contributed by atoms with van der Waals surface area (Å²) in [7, 11) is 1.72. The second-order valence-electron chi connectivity index (χ2n) is 8.30. The number of carbonyl (C=O) groups excluding carboxylic acids is 1. The summed E-state index contributed by atoms with van der Waals surface area (Å²) in [5.74, 6) is 0.0513. The summed E-state index contributed by atoms with van der Waals surface area (Å²) >= 11 is 1.26. The summed E-state index contributed by atoms with van der Waals surface area (Å²) in [6.45, 7) is 0.450. The van der Waals surface area contributed by atoms with Crippen LogP contribution in [0.4, 0.5) is 4.39 Å². The third kappa shape index (κ3) is 4.93. The second-order valence-corrected chi connectivity index (χ2v) is 9.25. The summed E-state index contributed by atoms with van der Waals surface area (Å²) in [4.78, 5) is 14.6. The van der Waals surface area contributed by atoms with Crippen molar-refractivity contribution in [2.24, 2.45) is 0 Å². The molecule has 6 nitrogen and oxygen atoms in total. The second kappa shape index (κ2) is 10.2. The maximum absolute atomic E-state index is 14.5. The molecule has 0 aliphatic heterocycles. The van der Waals surface area contributed by atoms with Crippen molar-refractivity contribution in [3.63, 3.8) is 0 Å². The highest BCUT2D eigenvalue weighted by molar-refractivity contribution is 7.99. The van der Waals surface area contributed by atoms with Gasteiger partial charge in [0.15, 0.2) is 11.0 Å². The minimum absolute atomic E-state index is 0.120. The molecule has 0 atom stereocenters. The highest BCUT2D eigenvalue weighted by atomic mass is 32.2. The predicted octanol–water partition coefficient (Wildman–Crippen LogP) is 4.91. The standard InChI is InChI=1S/C25H26FN5OS/c1-30(25(18-27)14-8-3-9-15-25)22(32)17-33-24-29-28-23(20-12-6-7-13-21(20)26)31(24)16-19-10-4-2-5-11-19/h2,4-7,10-13H,3,8-9,14-17H2,1H3. The average Bonchev–Trinajstić information content (AvgIpc) is 3.25. The highest BCUT2D eigenvalue weighted by Gasteiger charge is 2.38. The van der Waals surface area contributed by atoms with E-state index in [4.69, 9.17) is 0 Å². The normalized spacial score (nSPS) is 15.1. The van der Waals surface area contributed by atoms with E-state index < -0.39 is 5.54 Å². The van der Waals surface area contributed by atoms with Crippen molar-refractivity contribution in [1.29, 1.82) is 5.26 Å². The van der Waals surface area contributed by atoms with E-state index in [1.165, 1.54) is 17.8 Å². The molecule has 8 heteroatoms. The Kier molecular flexibility index (Phi) is 7.09. The van der Waals surface area contributed by atoms with Gasteiger partial charge in [0.1, 0.15) is 11.4 Å². The molecule has 1 fully saturated rings. The molecule has 1 aliphatic carbocycles. The van der Waals surface area contributed by atoms with Crippen LogP contribution in [0.25, 0.3) is 11.4 Å². The van der Waals surface area contributed by atoms with Gasteiger partial charge in [0, 0.05) is 7.05 Å². The van der Waals surface area contributed by atoms with Crippen molar-refractivity contribution in [2.45, 2.75) is 49.3 Å². The first kappa shape index (κ1) is 23.0. The fraction of sp³-hybridized carbons (Fsp3) is 0.360. The number of nitrogens with zero attached hydrogens (tertiary/aromatic N) is 5. The number of aromatic nitrogens is 3. The van der Waals surface area contributed by atoms with Crippen molar-refractivity contribution in [3.8, 4) is 17.5 Å². The molecule has 1 aliphatic rings. The number of carbonyl (C=O) groups is 1. The number of hydrogen-bond donors (Lipinski definition) is 0. The summed E-state index contributed by atoms with van der Waals surface area (Å²) in [5, 5.41) is 18.9. The largest absolute Gasteiger partial charge is 0.326 e. The van der Waals surface area contributed by atoms with E-state index in [0.717, 1.165) is 24.8 Å². The lowest BCUT2D eigenvalue weighted by atomic mass is 9.81. The van der Waals surface area contributed by atoms with Crippen molar-refractivity contribution in [2.75, 3.05) is 12.8 Å². The highest BCUT2D eigenvalue weighted by Crippen LogP contribution is 2.33. The molecule has 2 aromatic carbocycles. The van der Waals surface area contributed by atoms with E-state index in [1.807, 2.05) is 34.9 Å². The third-order valence-electron chi connectivity index (χ3n) is 6.24. The molecule has 1 heterocycles. The number of hydrogen-bond acceptors (Lipinski definition) is 5. The van der Waals surface area contributed by atoms with Gasteiger partial charge >= 0.3 is 0 Å². The van der Waals surface area contributed by atoms with Crippen LogP contribution in [0.2, 0.25) is 0 Å². The van der Waals surface area contributed by atoms with Crippen LogP contribution in [-0.4, -0.2) is 43.9 Å². The first-order chi connectivity index (χ1) is 16.0. The molecule has 0 N–H and O–H groups in total. The Bertz CT molecular complexity index is 1150. The van der Waals surface area contributed by atoms with E-state index in [-0.39, 0.29) is 17.5 Å². The van der Waals surface area contributed by atoms with Crippen LogP contribution in [-0.2, 0) is 11.3 Å². The molecular formula is C25H26FN5OS. The zero-order valence-electron chi connectivity index (χ0n) is 18.6. The maximum atomic E-state index is 14.5. The Morgan fingerprint density at radius 3 is 2.52 bits per heavy atom. The van der Waals surface area contributed by atoms with Crippen molar-refractivity contribution in [1.82, 2.24) is 19.7 Å². The van der Waals surface area contributed by atoms with Crippen LogP contribution < -0.4 is 0 Å². The average molecular weight is 464 g/mol. The van der Waals surface area contributed by atoms with Gasteiger partial charge in [-0.05, 0) is 30.5 Å². The van der Waals surface area contributed by atoms with Crippen LogP contribution >= 0.6 is 11.8 Å². The van der Waals surface area contributed by atoms with Crippen LogP contribution in [0.5, 0.6) is 0 Å². The van der Waals surface area contributed by atoms with Gasteiger partial charge in [0.2, 0.25) is 5.91 Å². The lowest BCUT2D eigenvalue weighted by Gasteiger charge is -2.39. The monoisotopic (exact) mass is 463 g/mol. The smallest absolute Gasteiger partial charge is 0.234 e. The summed E-state index contributed by atoms with van der Waals surface area (Å²) in [5.41, 5.74) is 0.652. The fourth-order valence-electron chi connectivity index (χ4n) is 4.27. The quantitative estimate of drug-likeness (QED) is 0.466. The Hall–Kier alpha value is -3.18. The Balaban J connectivity index is 1.58. The molecule has 0 saturated heterocycles. The first-order valence-corrected chi connectivity index (χ1v) is 12.1. The van der Waals surface area contributed by atoms with Crippen LogP contribution in [0, 0.1) is 17.1 Å². The fourth-order valence-corrected chi connectivity index (χ4v) is 5.12. The molecule has 0 radical (unpaired) electrons. The van der Waals surface area contributed by atoms with Crippen molar-refractivity contribution >= 4 is 17.7 Å². The van der Waals surface area contributed by atoms with E-state index >= 15 is 0 Å². The third-order valence-corrected chi connectivity index (χ3v) is 7.20. The zero-order valence-corrected chi connectivity index (χ0v) is 19.4. The predicted molar refractivity (Wildman–Crippen MR) is 126 cm³/mol. The van der Waals surface area contributed by atoms with Gasteiger partial charge in [-0.25, -0.2) is 4.39 Å². The van der Waals surface area contributed by atoms with Crippen molar-refractivity contribution in [3.05, 3.63) is 66.0 Å². The molecular weight excluding hydrogens is 437 g/mol. The van der Waals surface area contributed by atoms with Crippen LogP contribution in [0.3, 0.4) is 0 Å². The van der Waals surface area contributed by atoms with Gasteiger partial charge in [-0.3, -0.25) is 9.36 Å². The molecule has 0 bridgehead atoms. The molecule has 170 valence electrons. The minimum Gasteiger partial charge on any atom is -0.326 e. The summed E-state index contributed by atoms with van der Waals surface area (Å²) < 4.78 is 16.4. The van der Waals surface area contributed by atoms with Crippen molar-refractivity contribution < 1.29 is 9.18 Å². The molecule has 4 rings (SSSR count). The number of thioether (sulfide) groups is 1. The van der Waals surface area contributed by atoms with Crippen LogP contribution in [0.15, 0.2) is 59.8 Å². The molecule has 3 aromatic rings. The lowest BCUT2D eigenvalue weighted by molar-refractivity contribution is -0.131. The van der Waals surface area contributed by atoms with Gasteiger partial charge in [0.05, 0.1) is 23.9 Å². The van der Waals surface area contributed by atoms with Gasteiger partial charge < -0.3 is 4.90 Å². The first-order valence-electron chi connectivity index (χ1n) is 11.1. The Labute approximate surface area is 197 Å². The van der Waals surface area contributed by atoms with E-state index in [9.17, 15) is 14.4 Å². The van der Waals surface area contributed by atoms with Crippen LogP contribution in [0.1, 0.15) is 37.7 Å². The minimum atomic E-state index is -0.730. The summed E-state index contributed by atoms with van der Waals surface area (Å²) in [6.07, 6.45) is 4.42. The topological polar surface area (TPSA) is 74.8 Å². The summed E-state index contributed by atoms with van der Waals surface area (Å²) in [6, 6.07) is 18.7. The molecule has 1 amide bonds. The number of amides is 1.